The molecule has 1 fully saturated rings. The van der Waals surface area contributed by atoms with Crippen LogP contribution in [0, 0.1) is 5.41 Å². The van der Waals surface area contributed by atoms with Crippen molar-refractivity contribution >= 4 is 29.5 Å². The van der Waals surface area contributed by atoms with E-state index in [9.17, 15) is 4.79 Å². The van der Waals surface area contributed by atoms with E-state index in [-0.39, 0.29) is 5.97 Å². The molecule has 0 unspecified atom stereocenters. The number of rotatable bonds is 8. The summed E-state index contributed by atoms with van der Waals surface area (Å²) >= 11 is 3.90. The van der Waals surface area contributed by atoms with Gasteiger partial charge in [0.15, 0.2) is 0 Å². The summed E-state index contributed by atoms with van der Waals surface area (Å²) in [5.74, 6) is 3.56. The van der Waals surface area contributed by atoms with Crippen molar-refractivity contribution in [3.63, 3.8) is 0 Å². The van der Waals surface area contributed by atoms with Crippen LogP contribution in [0.1, 0.15) is 25.7 Å². The topological polar surface area (TPSA) is 26.3 Å². The number of carbonyl (C=O) groups is 1. The van der Waals surface area contributed by atoms with E-state index in [1.807, 2.05) is 23.5 Å². The Balaban J connectivity index is 2.07. The highest BCUT2D eigenvalue weighted by atomic mass is 32.2. The van der Waals surface area contributed by atoms with Gasteiger partial charge in [0.1, 0.15) is 0 Å². The molecule has 1 aliphatic carbocycles. The molecule has 0 N–H and O–H groups in total. The normalized spacial score (nSPS) is 17.5. The van der Waals surface area contributed by atoms with Crippen LogP contribution in [0.3, 0.4) is 0 Å². The smallest absolute Gasteiger partial charge is 0.306 e. The zero-order valence-corrected chi connectivity index (χ0v) is 11.2. The molecule has 0 aromatic heterocycles. The van der Waals surface area contributed by atoms with Crippen LogP contribution in [-0.4, -0.2) is 36.6 Å². The van der Waals surface area contributed by atoms with Gasteiger partial charge in [-0.15, -0.1) is 0 Å². The van der Waals surface area contributed by atoms with Crippen LogP contribution < -0.4 is 0 Å². The van der Waals surface area contributed by atoms with Crippen molar-refractivity contribution in [2.45, 2.75) is 25.7 Å². The monoisotopic (exact) mass is 248 g/mol. The van der Waals surface area contributed by atoms with Gasteiger partial charge in [-0.25, -0.2) is 0 Å². The zero-order chi connectivity index (χ0) is 11.1. The van der Waals surface area contributed by atoms with Gasteiger partial charge in [-0.3, -0.25) is 4.79 Å². The summed E-state index contributed by atoms with van der Waals surface area (Å²) in [6.45, 7) is 0. The summed E-state index contributed by atoms with van der Waals surface area (Å²) in [4.78, 5) is 11.2. The first-order chi connectivity index (χ1) is 7.22. The predicted molar refractivity (Wildman–Crippen MR) is 68.6 cm³/mol. The Labute approximate surface area is 101 Å². The standard InChI is InChI=1S/C11H20O2S2/c1-13-10(12)8-11(4-5-11)9-15-7-3-6-14-2/h3-9H2,1-2H3. The van der Waals surface area contributed by atoms with E-state index in [1.54, 1.807) is 0 Å². The first-order valence-corrected chi connectivity index (χ1v) is 7.91. The third-order valence-electron chi connectivity index (χ3n) is 2.75. The van der Waals surface area contributed by atoms with E-state index < -0.39 is 0 Å². The number of esters is 1. The second-order valence-corrected chi connectivity index (χ2v) is 6.24. The fourth-order valence-corrected chi connectivity index (χ4v) is 3.45. The van der Waals surface area contributed by atoms with Gasteiger partial charge < -0.3 is 4.74 Å². The molecule has 0 spiro atoms. The van der Waals surface area contributed by atoms with E-state index in [1.165, 1.54) is 37.9 Å². The lowest BCUT2D eigenvalue weighted by Crippen LogP contribution is -2.13. The molecule has 0 aliphatic heterocycles. The van der Waals surface area contributed by atoms with Crippen LogP contribution in [0.2, 0.25) is 0 Å². The van der Waals surface area contributed by atoms with Crippen molar-refractivity contribution in [2.24, 2.45) is 5.41 Å². The average Bonchev–Trinajstić information content (AvgIpc) is 2.98. The Kier molecular flexibility index (Phi) is 5.90. The molecular formula is C11H20O2S2. The molecule has 0 saturated heterocycles. The van der Waals surface area contributed by atoms with Gasteiger partial charge in [0.25, 0.3) is 0 Å². The molecule has 0 bridgehead atoms. The SMILES string of the molecule is COC(=O)CC1(CSCCCSC)CC1. The molecule has 1 aliphatic rings. The molecular weight excluding hydrogens is 228 g/mol. The maximum atomic E-state index is 11.2. The van der Waals surface area contributed by atoms with Crippen LogP contribution >= 0.6 is 23.5 Å². The summed E-state index contributed by atoms with van der Waals surface area (Å²) in [7, 11) is 1.48. The molecule has 0 radical (unpaired) electrons. The summed E-state index contributed by atoms with van der Waals surface area (Å²) in [5.41, 5.74) is 0.303. The molecule has 15 heavy (non-hydrogen) atoms. The van der Waals surface area contributed by atoms with Crippen molar-refractivity contribution in [1.82, 2.24) is 0 Å². The summed E-state index contributed by atoms with van der Waals surface area (Å²) in [5, 5.41) is 0. The van der Waals surface area contributed by atoms with Gasteiger partial charge in [0, 0.05) is 0 Å². The lowest BCUT2D eigenvalue weighted by molar-refractivity contribution is -0.141. The van der Waals surface area contributed by atoms with Crippen molar-refractivity contribution < 1.29 is 9.53 Å². The first kappa shape index (κ1) is 13.2. The van der Waals surface area contributed by atoms with Crippen molar-refractivity contribution in [2.75, 3.05) is 30.6 Å². The quantitative estimate of drug-likeness (QED) is 0.487. The highest BCUT2D eigenvalue weighted by molar-refractivity contribution is 7.99. The Morgan fingerprint density at radius 3 is 2.67 bits per heavy atom. The van der Waals surface area contributed by atoms with Gasteiger partial charge in [-0.1, -0.05) is 0 Å². The van der Waals surface area contributed by atoms with E-state index >= 15 is 0 Å². The van der Waals surface area contributed by atoms with Crippen molar-refractivity contribution in [1.29, 1.82) is 0 Å². The molecule has 0 amide bonds. The van der Waals surface area contributed by atoms with Crippen LogP contribution in [0.4, 0.5) is 0 Å². The number of methoxy groups -OCH3 is 1. The predicted octanol–water partition coefficient (Wildman–Crippen LogP) is 2.82. The Morgan fingerprint density at radius 2 is 2.13 bits per heavy atom. The largest absolute Gasteiger partial charge is 0.469 e. The molecule has 0 aromatic rings. The minimum atomic E-state index is -0.0442. The molecule has 1 rings (SSSR count). The minimum absolute atomic E-state index is 0.0442. The fourth-order valence-electron chi connectivity index (χ4n) is 1.52. The number of carbonyl (C=O) groups excluding carboxylic acids is 1. The maximum absolute atomic E-state index is 11.2. The lowest BCUT2D eigenvalue weighted by atomic mass is 10.1. The van der Waals surface area contributed by atoms with Crippen molar-refractivity contribution in [3.05, 3.63) is 0 Å². The Morgan fingerprint density at radius 1 is 1.40 bits per heavy atom. The number of thioether (sulfide) groups is 2. The molecule has 1 saturated carbocycles. The first-order valence-electron chi connectivity index (χ1n) is 5.36. The van der Waals surface area contributed by atoms with E-state index in [0.717, 1.165) is 5.75 Å². The maximum Gasteiger partial charge on any atom is 0.306 e. The van der Waals surface area contributed by atoms with Gasteiger partial charge in [0.2, 0.25) is 0 Å². The van der Waals surface area contributed by atoms with Gasteiger partial charge in [-0.2, -0.15) is 23.5 Å². The van der Waals surface area contributed by atoms with Crippen LogP contribution in [-0.2, 0) is 9.53 Å². The Hall–Kier alpha value is 0.170. The lowest BCUT2D eigenvalue weighted by Gasteiger charge is -2.12. The van der Waals surface area contributed by atoms with Crippen LogP contribution in [0.15, 0.2) is 0 Å². The Bertz CT molecular complexity index is 203. The third kappa shape index (κ3) is 5.16. The average molecular weight is 248 g/mol. The third-order valence-corrected chi connectivity index (χ3v) is 4.84. The number of ether oxygens (including phenoxy) is 1. The van der Waals surface area contributed by atoms with E-state index in [4.69, 9.17) is 4.74 Å². The second-order valence-electron chi connectivity index (χ2n) is 4.15. The molecule has 2 nitrogen and oxygen atoms in total. The molecule has 88 valence electrons. The second kappa shape index (κ2) is 6.69. The summed E-state index contributed by atoms with van der Waals surface area (Å²) in [6.07, 6.45) is 6.46. The molecule has 0 atom stereocenters. The highest BCUT2D eigenvalue weighted by Gasteiger charge is 2.44. The minimum Gasteiger partial charge on any atom is -0.469 e. The molecule has 0 aromatic carbocycles. The van der Waals surface area contributed by atoms with Crippen LogP contribution in [0.5, 0.6) is 0 Å². The molecule has 0 heterocycles. The zero-order valence-electron chi connectivity index (χ0n) is 9.58. The number of hydrogen-bond donors (Lipinski definition) is 0. The summed E-state index contributed by atoms with van der Waals surface area (Å²) < 4.78 is 4.72. The van der Waals surface area contributed by atoms with Gasteiger partial charge >= 0.3 is 5.97 Å². The van der Waals surface area contributed by atoms with Crippen molar-refractivity contribution in [3.8, 4) is 0 Å². The number of hydrogen-bond acceptors (Lipinski definition) is 4. The molecule has 4 heteroatoms. The van der Waals surface area contributed by atoms with E-state index in [0.29, 0.717) is 11.8 Å². The van der Waals surface area contributed by atoms with E-state index in [2.05, 4.69) is 6.26 Å². The van der Waals surface area contributed by atoms with Gasteiger partial charge in [0.05, 0.1) is 13.5 Å². The summed E-state index contributed by atoms with van der Waals surface area (Å²) in [6, 6.07) is 0. The fraction of sp³-hybridized carbons (Fsp3) is 0.909. The van der Waals surface area contributed by atoms with Gasteiger partial charge in [-0.05, 0) is 48.2 Å². The van der Waals surface area contributed by atoms with Crippen LogP contribution in [0.25, 0.3) is 0 Å². The highest BCUT2D eigenvalue weighted by Crippen LogP contribution is 2.51.